The van der Waals surface area contributed by atoms with Crippen molar-refractivity contribution in [1.29, 1.82) is 0 Å². The molecule has 3 heterocycles. The van der Waals surface area contributed by atoms with Crippen LogP contribution in [0.25, 0.3) is 28.2 Å². The van der Waals surface area contributed by atoms with E-state index in [1.54, 1.807) is 0 Å². The molecule has 3 aliphatic heterocycles. The first-order chi connectivity index (χ1) is 7.92. The molecule has 2 heteroatoms. The van der Waals surface area contributed by atoms with Crippen molar-refractivity contribution in [2.45, 2.75) is 6.54 Å². The van der Waals surface area contributed by atoms with Crippen molar-refractivity contribution in [3.8, 4) is 11.3 Å². The lowest BCUT2D eigenvalue weighted by molar-refractivity contribution is 0.829. The van der Waals surface area contributed by atoms with Gasteiger partial charge in [-0.3, -0.25) is 0 Å². The van der Waals surface area contributed by atoms with Crippen molar-refractivity contribution in [2.75, 3.05) is 0 Å². The van der Waals surface area contributed by atoms with Crippen molar-refractivity contribution >= 4 is 17.0 Å². The Hall–Kier alpha value is -2.09. The molecule has 0 amide bonds. The Morgan fingerprint density at radius 2 is 2.12 bits per heavy atom. The summed E-state index contributed by atoms with van der Waals surface area (Å²) in [7, 11) is 0. The highest BCUT2D eigenvalue weighted by Gasteiger charge is 2.14. The maximum absolute atomic E-state index is 4.64. The number of pyridine rings is 1. The minimum Gasteiger partial charge on any atom is -0.342 e. The number of aromatic nitrogens is 2. The third-order valence-corrected chi connectivity index (χ3v) is 3.20. The lowest BCUT2D eigenvalue weighted by Crippen LogP contribution is -1.97. The Morgan fingerprint density at radius 1 is 1.19 bits per heavy atom. The van der Waals surface area contributed by atoms with E-state index in [2.05, 4.69) is 52.2 Å². The number of allylic oxidation sites excluding steroid dienone is 1. The summed E-state index contributed by atoms with van der Waals surface area (Å²) in [5.41, 5.74) is 4.71. The SMILES string of the molecule is C1=Cc2cc3c4ccccc4nc-3cn2C1. The predicted octanol–water partition coefficient (Wildman–Crippen LogP) is 3.17. The van der Waals surface area contributed by atoms with Gasteiger partial charge in [0.25, 0.3) is 0 Å². The van der Waals surface area contributed by atoms with Crippen LogP contribution in [0.4, 0.5) is 0 Å². The first-order valence-electron chi connectivity index (χ1n) is 5.47. The second-order valence-corrected chi connectivity index (χ2v) is 4.18. The third kappa shape index (κ3) is 0.936. The monoisotopic (exact) mass is 206 g/mol. The molecule has 0 radical (unpaired) electrons. The number of para-hydroxylation sites is 1. The first kappa shape index (κ1) is 8.11. The number of fused-ring (bicyclic) bond motifs is 4. The highest BCUT2D eigenvalue weighted by molar-refractivity contribution is 5.97. The summed E-state index contributed by atoms with van der Waals surface area (Å²) in [6.07, 6.45) is 6.49. The summed E-state index contributed by atoms with van der Waals surface area (Å²) in [4.78, 5) is 4.64. The van der Waals surface area contributed by atoms with Gasteiger partial charge in [-0.25, -0.2) is 4.98 Å². The Labute approximate surface area is 93.2 Å². The van der Waals surface area contributed by atoms with Crippen LogP contribution in [0.5, 0.6) is 0 Å². The zero-order valence-corrected chi connectivity index (χ0v) is 8.72. The van der Waals surface area contributed by atoms with Crippen LogP contribution in [0.1, 0.15) is 5.69 Å². The Kier molecular flexibility index (Phi) is 1.38. The molecule has 4 rings (SSSR count). The summed E-state index contributed by atoms with van der Waals surface area (Å²) in [5, 5.41) is 1.25. The average molecular weight is 206 g/mol. The second kappa shape index (κ2) is 2.73. The van der Waals surface area contributed by atoms with Crippen LogP contribution in [-0.2, 0) is 6.54 Å². The number of rotatable bonds is 0. The minimum atomic E-state index is 0.967. The summed E-state index contributed by atoms with van der Waals surface area (Å²) in [5.74, 6) is 0. The van der Waals surface area contributed by atoms with Gasteiger partial charge < -0.3 is 4.57 Å². The van der Waals surface area contributed by atoms with Crippen molar-refractivity contribution in [1.82, 2.24) is 9.55 Å². The molecule has 0 fully saturated rings. The molecule has 0 unspecified atom stereocenters. The van der Waals surface area contributed by atoms with Crippen molar-refractivity contribution < 1.29 is 0 Å². The fourth-order valence-electron chi connectivity index (χ4n) is 2.42. The molecule has 16 heavy (non-hydrogen) atoms. The normalized spacial score (nSPS) is 13.8. The van der Waals surface area contributed by atoms with Crippen LogP contribution < -0.4 is 0 Å². The van der Waals surface area contributed by atoms with E-state index in [4.69, 9.17) is 0 Å². The standard InChI is InChI=1S/C14H10N2/c1-2-6-13-11(5-1)12-8-10-4-3-7-16(10)9-14(12)15-13/h1-6,8-9H,7H2. The molecule has 3 aliphatic rings. The lowest BCUT2D eigenvalue weighted by Gasteiger charge is -2.06. The zero-order valence-electron chi connectivity index (χ0n) is 8.72. The largest absolute Gasteiger partial charge is 0.342 e. The molecule has 0 atom stereocenters. The fourth-order valence-corrected chi connectivity index (χ4v) is 2.42. The molecule has 2 nitrogen and oxygen atoms in total. The average Bonchev–Trinajstić information content (AvgIpc) is 2.88. The van der Waals surface area contributed by atoms with Crippen molar-refractivity contribution in [3.63, 3.8) is 0 Å². The molecule has 0 saturated heterocycles. The molecule has 0 saturated carbocycles. The summed E-state index contributed by atoms with van der Waals surface area (Å²) in [6, 6.07) is 10.5. The van der Waals surface area contributed by atoms with E-state index in [1.165, 1.54) is 16.6 Å². The van der Waals surface area contributed by atoms with E-state index in [-0.39, 0.29) is 0 Å². The predicted molar refractivity (Wildman–Crippen MR) is 65.4 cm³/mol. The highest BCUT2D eigenvalue weighted by Crippen LogP contribution is 2.32. The van der Waals surface area contributed by atoms with E-state index < -0.39 is 0 Å². The molecule has 0 spiro atoms. The Morgan fingerprint density at radius 3 is 3.12 bits per heavy atom. The van der Waals surface area contributed by atoms with Gasteiger partial charge in [0.15, 0.2) is 0 Å². The van der Waals surface area contributed by atoms with Crippen LogP contribution in [0.2, 0.25) is 0 Å². The third-order valence-electron chi connectivity index (χ3n) is 3.20. The Balaban J connectivity index is 2.18. The molecular formula is C14H10N2. The van der Waals surface area contributed by atoms with Crippen LogP contribution in [0, 0.1) is 0 Å². The molecule has 0 bridgehead atoms. The minimum absolute atomic E-state index is 0.967. The van der Waals surface area contributed by atoms with Crippen molar-refractivity contribution in [2.24, 2.45) is 0 Å². The van der Waals surface area contributed by atoms with E-state index in [1.807, 2.05) is 6.07 Å². The van der Waals surface area contributed by atoms with Gasteiger partial charge in [-0.15, -0.1) is 0 Å². The number of hydrogen-bond donors (Lipinski definition) is 0. The number of nitrogens with zero attached hydrogens (tertiary/aromatic N) is 2. The molecular weight excluding hydrogens is 196 g/mol. The quantitative estimate of drug-likeness (QED) is 0.552. The molecule has 1 aromatic carbocycles. The van der Waals surface area contributed by atoms with Crippen molar-refractivity contribution in [3.05, 3.63) is 48.3 Å². The maximum Gasteiger partial charge on any atom is 0.0879 e. The van der Waals surface area contributed by atoms with Gasteiger partial charge in [0.1, 0.15) is 0 Å². The van der Waals surface area contributed by atoms with E-state index in [0.29, 0.717) is 0 Å². The highest BCUT2D eigenvalue weighted by atomic mass is 15.0. The molecule has 76 valence electrons. The van der Waals surface area contributed by atoms with Crippen LogP contribution in [0.15, 0.2) is 42.6 Å². The van der Waals surface area contributed by atoms with Gasteiger partial charge in [0, 0.05) is 29.4 Å². The lowest BCUT2D eigenvalue weighted by atomic mass is 10.1. The van der Waals surface area contributed by atoms with Crippen LogP contribution in [-0.4, -0.2) is 9.55 Å². The van der Waals surface area contributed by atoms with Crippen LogP contribution >= 0.6 is 0 Å². The zero-order chi connectivity index (χ0) is 10.5. The summed E-state index contributed by atoms with van der Waals surface area (Å²) >= 11 is 0. The van der Waals surface area contributed by atoms with Gasteiger partial charge >= 0.3 is 0 Å². The second-order valence-electron chi connectivity index (χ2n) is 4.18. The van der Waals surface area contributed by atoms with Gasteiger partial charge in [-0.2, -0.15) is 0 Å². The number of hydrogen-bond acceptors (Lipinski definition) is 1. The summed E-state index contributed by atoms with van der Waals surface area (Å²) in [6.45, 7) is 0.967. The van der Waals surface area contributed by atoms with Gasteiger partial charge in [-0.05, 0) is 18.2 Å². The fraction of sp³-hybridized carbons (Fsp3) is 0.0714. The van der Waals surface area contributed by atoms with E-state index in [9.17, 15) is 0 Å². The summed E-state index contributed by atoms with van der Waals surface area (Å²) < 4.78 is 2.23. The number of benzene rings is 1. The molecule has 1 aromatic rings. The van der Waals surface area contributed by atoms with Gasteiger partial charge in [0.05, 0.1) is 11.2 Å². The first-order valence-corrected chi connectivity index (χ1v) is 5.47. The topological polar surface area (TPSA) is 17.8 Å². The van der Waals surface area contributed by atoms with E-state index in [0.717, 1.165) is 17.8 Å². The van der Waals surface area contributed by atoms with Gasteiger partial charge in [0.2, 0.25) is 0 Å². The molecule has 0 aliphatic carbocycles. The Bertz CT molecular complexity index is 691. The van der Waals surface area contributed by atoms with E-state index >= 15 is 0 Å². The van der Waals surface area contributed by atoms with Gasteiger partial charge in [-0.1, -0.05) is 24.3 Å². The smallest absolute Gasteiger partial charge is 0.0879 e. The molecule has 0 N–H and O–H groups in total. The van der Waals surface area contributed by atoms with Crippen LogP contribution in [0.3, 0.4) is 0 Å². The maximum atomic E-state index is 4.64. The molecule has 0 aromatic heterocycles.